The van der Waals surface area contributed by atoms with Crippen LogP contribution in [0.3, 0.4) is 0 Å². The number of rotatable bonds is 3. The fourth-order valence-electron chi connectivity index (χ4n) is 2.19. The number of allylic oxidation sites excluding steroid dienone is 1. The van der Waals surface area contributed by atoms with Crippen molar-refractivity contribution in [3.63, 3.8) is 0 Å². The number of hydrogen-bond acceptors (Lipinski definition) is 2. The minimum Gasteiger partial charge on any atom is -0.481 e. The molecule has 18 heavy (non-hydrogen) atoms. The topological polar surface area (TPSA) is 54.4 Å². The Bertz CT molecular complexity index is 570. The third kappa shape index (κ3) is 2.18. The number of carboxylic acid groups (broad SMARTS) is 1. The molecule has 0 heterocycles. The second-order valence-corrected chi connectivity index (χ2v) is 5.51. The minimum atomic E-state index is -0.914. The van der Waals surface area contributed by atoms with Gasteiger partial charge in [-0.1, -0.05) is 31.5 Å². The average molecular weight is 265 g/mol. The Hall–Kier alpha value is -1.61. The Labute approximate surface area is 110 Å². The SMILES string of the molecule is CC(C)(CC(=O)O)C1=Cc2ccc(Cl)cc2C1=O. The van der Waals surface area contributed by atoms with Crippen LogP contribution >= 0.6 is 11.6 Å². The van der Waals surface area contributed by atoms with E-state index in [1.807, 2.05) is 0 Å². The van der Waals surface area contributed by atoms with Crippen LogP contribution in [-0.4, -0.2) is 16.9 Å². The normalized spacial score (nSPS) is 14.4. The van der Waals surface area contributed by atoms with Gasteiger partial charge in [0.2, 0.25) is 0 Å². The van der Waals surface area contributed by atoms with Crippen molar-refractivity contribution < 1.29 is 14.7 Å². The van der Waals surface area contributed by atoms with Crippen LogP contribution in [0, 0.1) is 5.41 Å². The van der Waals surface area contributed by atoms with Gasteiger partial charge in [0.1, 0.15) is 0 Å². The van der Waals surface area contributed by atoms with Crippen LogP contribution in [0.15, 0.2) is 23.8 Å². The molecule has 0 aliphatic heterocycles. The molecular weight excluding hydrogens is 252 g/mol. The highest BCUT2D eigenvalue weighted by Crippen LogP contribution is 2.39. The summed E-state index contributed by atoms with van der Waals surface area (Å²) in [5.74, 6) is -1.04. The van der Waals surface area contributed by atoms with Crippen LogP contribution in [0.5, 0.6) is 0 Å². The lowest BCUT2D eigenvalue weighted by Crippen LogP contribution is -2.22. The lowest BCUT2D eigenvalue weighted by atomic mass is 9.79. The zero-order valence-corrected chi connectivity index (χ0v) is 10.9. The summed E-state index contributed by atoms with van der Waals surface area (Å²) in [7, 11) is 0. The molecule has 1 N–H and O–H groups in total. The maximum absolute atomic E-state index is 12.3. The van der Waals surface area contributed by atoms with E-state index in [-0.39, 0.29) is 12.2 Å². The summed E-state index contributed by atoms with van der Waals surface area (Å²) < 4.78 is 0. The van der Waals surface area contributed by atoms with E-state index in [0.717, 1.165) is 5.56 Å². The van der Waals surface area contributed by atoms with Gasteiger partial charge in [-0.15, -0.1) is 0 Å². The van der Waals surface area contributed by atoms with E-state index in [0.29, 0.717) is 16.2 Å². The quantitative estimate of drug-likeness (QED) is 0.910. The van der Waals surface area contributed by atoms with Crippen molar-refractivity contribution >= 4 is 29.4 Å². The summed E-state index contributed by atoms with van der Waals surface area (Å²) in [4.78, 5) is 23.1. The first kappa shape index (κ1) is 12.8. The lowest BCUT2D eigenvalue weighted by Gasteiger charge is -2.23. The van der Waals surface area contributed by atoms with Crippen LogP contribution in [0.4, 0.5) is 0 Å². The number of carboxylic acids is 1. The molecule has 1 aliphatic carbocycles. The van der Waals surface area contributed by atoms with Crippen molar-refractivity contribution in [3.05, 3.63) is 39.9 Å². The highest BCUT2D eigenvalue weighted by Gasteiger charge is 2.35. The number of aliphatic carboxylic acids is 1. The van der Waals surface area contributed by atoms with Gasteiger partial charge in [0, 0.05) is 21.6 Å². The predicted molar refractivity (Wildman–Crippen MR) is 69.8 cm³/mol. The summed E-state index contributed by atoms with van der Waals surface area (Å²) >= 11 is 5.87. The summed E-state index contributed by atoms with van der Waals surface area (Å²) in [6.07, 6.45) is 1.68. The number of carbonyl (C=O) groups excluding carboxylic acids is 1. The number of ketones is 1. The van der Waals surface area contributed by atoms with Crippen LogP contribution in [-0.2, 0) is 4.79 Å². The van der Waals surface area contributed by atoms with Gasteiger partial charge in [-0.2, -0.15) is 0 Å². The van der Waals surface area contributed by atoms with E-state index in [2.05, 4.69) is 0 Å². The van der Waals surface area contributed by atoms with Gasteiger partial charge in [-0.3, -0.25) is 9.59 Å². The smallest absolute Gasteiger partial charge is 0.304 e. The molecule has 0 spiro atoms. The van der Waals surface area contributed by atoms with E-state index < -0.39 is 11.4 Å². The van der Waals surface area contributed by atoms with Crippen molar-refractivity contribution in [2.75, 3.05) is 0 Å². The van der Waals surface area contributed by atoms with Crippen molar-refractivity contribution in [2.24, 2.45) is 5.41 Å². The Morgan fingerprint density at radius 2 is 2.06 bits per heavy atom. The Kier molecular flexibility index (Phi) is 3.03. The zero-order valence-electron chi connectivity index (χ0n) is 10.2. The van der Waals surface area contributed by atoms with Gasteiger partial charge < -0.3 is 5.11 Å². The first-order valence-electron chi connectivity index (χ1n) is 5.59. The molecule has 94 valence electrons. The fourth-order valence-corrected chi connectivity index (χ4v) is 2.37. The van der Waals surface area contributed by atoms with E-state index in [9.17, 15) is 9.59 Å². The van der Waals surface area contributed by atoms with E-state index in [4.69, 9.17) is 16.7 Å². The molecule has 0 bridgehead atoms. The molecule has 0 radical (unpaired) electrons. The number of Topliss-reactive ketones (excluding diaryl/α,β-unsaturated/α-hetero) is 1. The molecule has 0 saturated carbocycles. The number of carbonyl (C=O) groups is 2. The molecule has 0 atom stereocenters. The minimum absolute atomic E-state index is 0.0771. The van der Waals surface area contributed by atoms with Crippen molar-refractivity contribution in [3.8, 4) is 0 Å². The maximum Gasteiger partial charge on any atom is 0.304 e. The molecule has 1 aromatic rings. The van der Waals surface area contributed by atoms with Crippen LogP contribution in [0.25, 0.3) is 6.08 Å². The third-order valence-electron chi connectivity index (χ3n) is 3.13. The van der Waals surface area contributed by atoms with Crippen LogP contribution in [0.2, 0.25) is 5.02 Å². The number of benzene rings is 1. The molecule has 0 unspecified atom stereocenters. The van der Waals surface area contributed by atoms with Gasteiger partial charge in [0.05, 0.1) is 6.42 Å². The molecule has 0 aromatic heterocycles. The number of halogens is 1. The molecule has 1 aromatic carbocycles. The molecule has 0 saturated heterocycles. The second kappa shape index (κ2) is 4.25. The van der Waals surface area contributed by atoms with Crippen molar-refractivity contribution in [1.29, 1.82) is 0 Å². The summed E-state index contributed by atoms with van der Waals surface area (Å²) in [6, 6.07) is 5.12. The summed E-state index contributed by atoms with van der Waals surface area (Å²) in [5, 5.41) is 9.40. The van der Waals surface area contributed by atoms with E-state index >= 15 is 0 Å². The molecule has 3 nitrogen and oxygen atoms in total. The lowest BCUT2D eigenvalue weighted by molar-refractivity contribution is -0.138. The number of fused-ring (bicyclic) bond motifs is 1. The summed E-state index contributed by atoms with van der Waals surface area (Å²) in [6.45, 7) is 3.52. The molecule has 1 aliphatic rings. The van der Waals surface area contributed by atoms with Gasteiger partial charge in [0.25, 0.3) is 0 Å². The van der Waals surface area contributed by atoms with Crippen molar-refractivity contribution in [2.45, 2.75) is 20.3 Å². The Morgan fingerprint density at radius 3 is 2.67 bits per heavy atom. The van der Waals surface area contributed by atoms with E-state index in [1.165, 1.54) is 0 Å². The first-order chi connectivity index (χ1) is 8.31. The van der Waals surface area contributed by atoms with Crippen molar-refractivity contribution in [1.82, 2.24) is 0 Å². The monoisotopic (exact) mass is 264 g/mol. The van der Waals surface area contributed by atoms with Gasteiger partial charge in [-0.25, -0.2) is 0 Å². The first-order valence-corrected chi connectivity index (χ1v) is 5.97. The molecule has 2 rings (SSSR count). The largest absolute Gasteiger partial charge is 0.481 e. The predicted octanol–water partition coefficient (Wildman–Crippen LogP) is 3.42. The maximum atomic E-state index is 12.3. The summed E-state index contributed by atoms with van der Waals surface area (Å²) in [5.41, 5.74) is 1.20. The van der Waals surface area contributed by atoms with Crippen LogP contribution < -0.4 is 0 Å². The van der Waals surface area contributed by atoms with E-state index in [1.54, 1.807) is 38.1 Å². The van der Waals surface area contributed by atoms with Gasteiger partial charge in [-0.05, 0) is 23.8 Å². The Morgan fingerprint density at radius 1 is 1.39 bits per heavy atom. The zero-order chi connectivity index (χ0) is 13.5. The van der Waals surface area contributed by atoms with Gasteiger partial charge in [0.15, 0.2) is 5.78 Å². The second-order valence-electron chi connectivity index (χ2n) is 5.07. The molecular formula is C14H13ClO3. The number of hydrogen-bond donors (Lipinski definition) is 1. The van der Waals surface area contributed by atoms with Gasteiger partial charge >= 0.3 is 5.97 Å². The third-order valence-corrected chi connectivity index (χ3v) is 3.36. The fraction of sp³-hybridized carbons (Fsp3) is 0.286. The van der Waals surface area contributed by atoms with Crippen LogP contribution in [0.1, 0.15) is 36.2 Å². The molecule has 4 heteroatoms. The molecule has 0 amide bonds. The highest BCUT2D eigenvalue weighted by atomic mass is 35.5. The molecule has 0 fully saturated rings. The standard InChI is InChI=1S/C14H13ClO3/c1-14(2,7-12(16)17)11-5-8-3-4-9(15)6-10(8)13(11)18/h3-6H,7H2,1-2H3,(H,16,17). The Balaban J connectivity index is 2.40. The highest BCUT2D eigenvalue weighted by molar-refractivity contribution is 6.31. The average Bonchev–Trinajstić information content (AvgIpc) is 2.55.